The molecule has 0 atom stereocenters. The second-order valence-corrected chi connectivity index (χ2v) is 3.91. The molecule has 6 heteroatoms. The summed E-state index contributed by atoms with van der Waals surface area (Å²) in [5.41, 5.74) is 1.34. The van der Waals surface area contributed by atoms with Gasteiger partial charge in [-0.1, -0.05) is 5.21 Å². The monoisotopic (exact) mass is 273 g/mol. The molecule has 0 bridgehead atoms. The zero-order chi connectivity index (χ0) is 10.8. The van der Waals surface area contributed by atoms with E-state index in [1.54, 1.807) is 17.9 Å². The zero-order valence-electron chi connectivity index (χ0n) is 8.07. The van der Waals surface area contributed by atoms with Crippen molar-refractivity contribution in [1.29, 1.82) is 0 Å². The standard InChI is InChI=1S/C9H9BrFN3O/c1-15-3-2-14-9-4-6(10)7(11)5-8(9)12-13-14/h4-5H,2-3H2,1H3. The molecule has 0 unspecified atom stereocenters. The van der Waals surface area contributed by atoms with Gasteiger partial charge in [-0.05, 0) is 22.0 Å². The fourth-order valence-electron chi connectivity index (χ4n) is 1.31. The second-order valence-electron chi connectivity index (χ2n) is 3.06. The van der Waals surface area contributed by atoms with Crippen molar-refractivity contribution in [2.75, 3.05) is 13.7 Å². The lowest BCUT2D eigenvalue weighted by molar-refractivity contribution is 0.184. The van der Waals surface area contributed by atoms with Gasteiger partial charge >= 0.3 is 0 Å². The Balaban J connectivity index is 2.45. The van der Waals surface area contributed by atoms with E-state index in [9.17, 15) is 4.39 Å². The van der Waals surface area contributed by atoms with Crippen molar-refractivity contribution < 1.29 is 9.13 Å². The van der Waals surface area contributed by atoms with Crippen molar-refractivity contribution in [3.8, 4) is 0 Å². The van der Waals surface area contributed by atoms with E-state index in [1.807, 2.05) is 0 Å². The molecule has 0 aliphatic carbocycles. The molecule has 2 rings (SSSR count). The Labute approximate surface area is 94.1 Å². The molecule has 0 aliphatic rings. The molecule has 0 spiro atoms. The molecular weight excluding hydrogens is 265 g/mol. The molecular formula is C9H9BrFN3O. The van der Waals surface area contributed by atoms with Crippen LogP contribution >= 0.6 is 15.9 Å². The van der Waals surface area contributed by atoms with Crippen molar-refractivity contribution in [1.82, 2.24) is 15.0 Å². The van der Waals surface area contributed by atoms with E-state index in [2.05, 4.69) is 26.2 Å². The maximum Gasteiger partial charge on any atom is 0.139 e. The van der Waals surface area contributed by atoms with Crippen LogP contribution in [0.1, 0.15) is 0 Å². The number of methoxy groups -OCH3 is 1. The number of halogens is 2. The molecule has 0 saturated carbocycles. The van der Waals surface area contributed by atoms with Crippen molar-refractivity contribution in [2.45, 2.75) is 6.54 Å². The second kappa shape index (κ2) is 4.24. The topological polar surface area (TPSA) is 39.9 Å². The predicted molar refractivity (Wildman–Crippen MR) is 57.1 cm³/mol. The van der Waals surface area contributed by atoms with Crippen molar-refractivity contribution in [2.24, 2.45) is 0 Å². The van der Waals surface area contributed by atoms with Gasteiger partial charge < -0.3 is 4.74 Å². The summed E-state index contributed by atoms with van der Waals surface area (Å²) in [6, 6.07) is 3.02. The highest BCUT2D eigenvalue weighted by Gasteiger charge is 2.08. The first-order chi connectivity index (χ1) is 7.22. The molecule has 1 heterocycles. The summed E-state index contributed by atoms with van der Waals surface area (Å²) in [4.78, 5) is 0. The number of rotatable bonds is 3. The Morgan fingerprint density at radius 1 is 1.53 bits per heavy atom. The van der Waals surface area contributed by atoms with E-state index in [0.717, 1.165) is 5.52 Å². The summed E-state index contributed by atoms with van der Waals surface area (Å²) < 4.78 is 20.2. The average Bonchev–Trinajstić information content (AvgIpc) is 2.59. The minimum Gasteiger partial charge on any atom is -0.383 e. The van der Waals surface area contributed by atoms with Gasteiger partial charge in [0.1, 0.15) is 11.3 Å². The Kier molecular flexibility index (Phi) is 2.97. The third-order valence-corrected chi connectivity index (χ3v) is 2.67. The summed E-state index contributed by atoms with van der Waals surface area (Å²) in [5.74, 6) is -0.332. The van der Waals surface area contributed by atoms with E-state index in [4.69, 9.17) is 4.74 Å². The molecule has 1 aromatic carbocycles. The summed E-state index contributed by atoms with van der Waals surface area (Å²) in [6.45, 7) is 1.15. The third-order valence-electron chi connectivity index (χ3n) is 2.06. The van der Waals surface area contributed by atoms with Crippen LogP contribution in [-0.4, -0.2) is 28.7 Å². The zero-order valence-corrected chi connectivity index (χ0v) is 9.66. The molecule has 0 N–H and O–H groups in total. The maximum atomic E-state index is 13.2. The van der Waals surface area contributed by atoms with E-state index in [0.29, 0.717) is 23.1 Å². The number of nitrogens with zero attached hydrogens (tertiary/aromatic N) is 3. The minimum atomic E-state index is -0.332. The van der Waals surface area contributed by atoms with Crippen LogP contribution in [0.15, 0.2) is 16.6 Å². The van der Waals surface area contributed by atoms with Crippen molar-refractivity contribution >= 4 is 27.0 Å². The fraction of sp³-hybridized carbons (Fsp3) is 0.333. The van der Waals surface area contributed by atoms with Crippen LogP contribution in [0.4, 0.5) is 4.39 Å². The normalized spacial score (nSPS) is 11.1. The SMILES string of the molecule is COCCn1nnc2cc(F)c(Br)cc21. The van der Waals surface area contributed by atoms with Gasteiger partial charge in [0, 0.05) is 13.2 Å². The highest BCUT2D eigenvalue weighted by Crippen LogP contribution is 2.21. The van der Waals surface area contributed by atoms with Crippen molar-refractivity contribution in [3.05, 3.63) is 22.4 Å². The Morgan fingerprint density at radius 2 is 2.33 bits per heavy atom. The summed E-state index contributed by atoms with van der Waals surface area (Å²) in [5, 5.41) is 7.78. The van der Waals surface area contributed by atoms with Gasteiger partial charge in [-0.25, -0.2) is 9.07 Å². The molecule has 2 aromatic rings. The lowest BCUT2D eigenvalue weighted by Crippen LogP contribution is -2.05. The number of hydrogen-bond acceptors (Lipinski definition) is 3. The molecule has 1 aromatic heterocycles. The quantitative estimate of drug-likeness (QED) is 0.859. The third kappa shape index (κ3) is 2.00. The van der Waals surface area contributed by atoms with E-state index in [1.165, 1.54) is 6.07 Å². The molecule has 0 aliphatic heterocycles. The molecule has 4 nitrogen and oxygen atoms in total. The van der Waals surface area contributed by atoms with Crippen LogP contribution in [0.25, 0.3) is 11.0 Å². The highest BCUT2D eigenvalue weighted by atomic mass is 79.9. The molecule has 15 heavy (non-hydrogen) atoms. The highest BCUT2D eigenvalue weighted by molar-refractivity contribution is 9.10. The van der Waals surface area contributed by atoms with Gasteiger partial charge in [0.05, 0.1) is 23.1 Å². The first kappa shape index (κ1) is 10.5. The number of fused-ring (bicyclic) bond motifs is 1. The lowest BCUT2D eigenvalue weighted by Gasteiger charge is -2.01. The maximum absolute atomic E-state index is 13.2. The van der Waals surface area contributed by atoms with Gasteiger partial charge in [0.15, 0.2) is 0 Å². The smallest absolute Gasteiger partial charge is 0.139 e. The Hall–Kier alpha value is -1.01. The summed E-state index contributed by atoms with van der Waals surface area (Å²) in [7, 11) is 1.62. The number of aromatic nitrogens is 3. The van der Waals surface area contributed by atoms with Crippen LogP contribution in [0.3, 0.4) is 0 Å². The van der Waals surface area contributed by atoms with Crippen molar-refractivity contribution in [3.63, 3.8) is 0 Å². The summed E-state index contributed by atoms with van der Waals surface area (Å²) >= 11 is 3.13. The first-order valence-electron chi connectivity index (χ1n) is 4.39. The van der Waals surface area contributed by atoms with Gasteiger partial charge in [-0.3, -0.25) is 0 Å². The van der Waals surface area contributed by atoms with Gasteiger partial charge in [-0.2, -0.15) is 0 Å². The Bertz CT molecular complexity index is 485. The summed E-state index contributed by atoms with van der Waals surface area (Å²) in [6.07, 6.45) is 0. The van der Waals surface area contributed by atoms with Gasteiger partial charge in [-0.15, -0.1) is 5.10 Å². The lowest BCUT2D eigenvalue weighted by atomic mass is 10.3. The van der Waals surface area contributed by atoms with E-state index >= 15 is 0 Å². The molecule has 0 amide bonds. The van der Waals surface area contributed by atoms with Crippen LogP contribution in [0.5, 0.6) is 0 Å². The molecule has 0 radical (unpaired) electrons. The molecule has 80 valence electrons. The predicted octanol–water partition coefficient (Wildman–Crippen LogP) is 1.98. The number of benzene rings is 1. The fourth-order valence-corrected chi connectivity index (χ4v) is 1.64. The first-order valence-corrected chi connectivity index (χ1v) is 5.19. The van der Waals surface area contributed by atoms with Gasteiger partial charge in [0.25, 0.3) is 0 Å². The van der Waals surface area contributed by atoms with Crippen LogP contribution in [0.2, 0.25) is 0 Å². The molecule has 0 saturated heterocycles. The van der Waals surface area contributed by atoms with Crippen LogP contribution in [-0.2, 0) is 11.3 Å². The van der Waals surface area contributed by atoms with Gasteiger partial charge in [0.2, 0.25) is 0 Å². The molecule has 0 fully saturated rings. The van der Waals surface area contributed by atoms with Crippen LogP contribution < -0.4 is 0 Å². The van der Waals surface area contributed by atoms with E-state index in [-0.39, 0.29) is 5.82 Å². The largest absolute Gasteiger partial charge is 0.383 e. The minimum absolute atomic E-state index is 0.332. The van der Waals surface area contributed by atoms with E-state index < -0.39 is 0 Å². The Morgan fingerprint density at radius 3 is 3.07 bits per heavy atom. The number of ether oxygens (including phenoxy) is 1. The average molecular weight is 274 g/mol. The number of hydrogen-bond donors (Lipinski definition) is 0. The van der Waals surface area contributed by atoms with Crippen LogP contribution in [0, 0.1) is 5.82 Å².